The van der Waals surface area contributed by atoms with Gasteiger partial charge in [-0.2, -0.15) is 0 Å². The maximum absolute atomic E-state index is 12.9. The molecule has 0 spiro atoms. The van der Waals surface area contributed by atoms with Crippen molar-refractivity contribution >= 4 is 49.2 Å². The van der Waals surface area contributed by atoms with Gasteiger partial charge in [-0.3, -0.25) is 23.4 Å². The molecule has 11 nitrogen and oxygen atoms in total. The minimum atomic E-state index is -4.04. The Kier molecular flexibility index (Phi) is 7.31. The molecule has 0 aliphatic heterocycles. The molecule has 0 saturated carbocycles. The number of rotatable bonds is 7. The van der Waals surface area contributed by atoms with Crippen LogP contribution in [-0.4, -0.2) is 35.4 Å². The van der Waals surface area contributed by atoms with Gasteiger partial charge in [-0.25, -0.2) is 18.0 Å². The number of halogens is 1. The van der Waals surface area contributed by atoms with E-state index in [9.17, 15) is 27.6 Å². The van der Waals surface area contributed by atoms with E-state index < -0.39 is 44.7 Å². The highest BCUT2D eigenvalue weighted by molar-refractivity contribution is 9.10. The van der Waals surface area contributed by atoms with Crippen LogP contribution in [-0.2, 0) is 28.9 Å². The number of ketones is 1. The van der Waals surface area contributed by atoms with Gasteiger partial charge in [-0.1, -0.05) is 28.1 Å². The number of esters is 1. The number of Topliss-reactive ketones (excluding diaryl/α,β-unsaturated/α-hetero) is 1. The zero-order valence-corrected chi connectivity index (χ0v) is 21.2. The van der Waals surface area contributed by atoms with Crippen LogP contribution < -0.4 is 21.7 Å². The van der Waals surface area contributed by atoms with Gasteiger partial charge >= 0.3 is 11.7 Å². The maximum atomic E-state index is 12.9. The molecule has 2 aromatic carbocycles. The fourth-order valence-corrected chi connectivity index (χ4v) is 4.48. The summed E-state index contributed by atoms with van der Waals surface area (Å²) >= 11 is 3.23. The van der Waals surface area contributed by atoms with Crippen molar-refractivity contribution in [2.24, 2.45) is 14.1 Å². The molecule has 0 aliphatic carbocycles. The van der Waals surface area contributed by atoms with Gasteiger partial charge in [0.05, 0.1) is 16.1 Å². The van der Waals surface area contributed by atoms with Crippen molar-refractivity contribution in [2.75, 3.05) is 10.5 Å². The minimum absolute atomic E-state index is 0.0339. The summed E-state index contributed by atoms with van der Waals surface area (Å²) in [6, 6.07) is 11.5. The fourth-order valence-electron chi connectivity index (χ4n) is 3.14. The third-order valence-electron chi connectivity index (χ3n) is 5.12. The van der Waals surface area contributed by atoms with E-state index in [2.05, 4.69) is 20.7 Å². The predicted molar refractivity (Wildman–Crippen MR) is 132 cm³/mol. The standard InChI is InChI=1S/C22H21BrN4O7S/c1-12(18(28)17-19(24)26(2)22(31)27(3)20(17)29)34-21(30)15-6-4-5-7-16(15)25-35(32,33)14-10-8-13(23)9-11-14/h4-12,25H,24H2,1-3H3/t12-/m0/s1. The second-order valence-electron chi connectivity index (χ2n) is 7.48. The molecule has 0 fully saturated rings. The Hall–Kier alpha value is -3.71. The van der Waals surface area contributed by atoms with Gasteiger partial charge in [0, 0.05) is 18.6 Å². The van der Waals surface area contributed by atoms with Crippen molar-refractivity contribution in [1.82, 2.24) is 9.13 Å². The van der Waals surface area contributed by atoms with Crippen LogP contribution in [0.4, 0.5) is 11.5 Å². The monoisotopic (exact) mass is 564 g/mol. The highest BCUT2D eigenvalue weighted by Crippen LogP contribution is 2.23. The van der Waals surface area contributed by atoms with E-state index in [1.165, 1.54) is 57.4 Å². The third-order valence-corrected chi connectivity index (χ3v) is 7.03. The second kappa shape index (κ2) is 9.88. The van der Waals surface area contributed by atoms with Crippen molar-refractivity contribution in [3.05, 3.63) is 85.0 Å². The first-order valence-electron chi connectivity index (χ1n) is 10.0. The van der Waals surface area contributed by atoms with E-state index in [1.54, 1.807) is 12.1 Å². The largest absolute Gasteiger partial charge is 0.451 e. The van der Waals surface area contributed by atoms with Crippen molar-refractivity contribution in [1.29, 1.82) is 0 Å². The van der Waals surface area contributed by atoms with Crippen molar-refractivity contribution in [2.45, 2.75) is 17.9 Å². The Labute approximate surface area is 208 Å². The number of sulfonamides is 1. The number of hydrogen-bond acceptors (Lipinski definition) is 8. The fraction of sp³-hybridized carbons (Fsp3) is 0.182. The van der Waals surface area contributed by atoms with Crippen LogP contribution in [0.3, 0.4) is 0 Å². The Balaban J connectivity index is 1.88. The van der Waals surface area contributed by atoms with Crippen molar-refractivity contribution in [3.63, 3.8) is 0 Å². The molecule has 0 saturated heterocycles. The van der Waals surface area contributed by atoms with E-state index in [0.717, 1.165) is 4.57 Å². The maximum Gasteiger partial charge on any atom is 0.340 e. The summed E-state index contributed by atoms with van der Waals surface area (Å²) in [5, 5.41) is 0. The summed E-state index contributed by atoms with van der Waals surface area (Å²) in [5.41, 5.74) is 3.42. The summed E-state index contributed by atoms with van der Waals surface area (Å²) in [7, 11) is -1.56. The van der Waals surface area contributed by atoms with E-state index in [0.29, 0.717) is 9.04 Å². The number of nitrogens with two attached hydrogens (primary N) is 1. The molecule has 1 aromatic heterocycles. The summed E-state index contributed by atoms with van der Waals surface area (Å²) in [6.07, 6.45) is -1.47. The van der Waals surface area contributed by atoms with Gasteiger partial charge < -0.3 is 10.5 Å². The highest BCUT2D eigenvalue weighted by atomic mass is 79.9. The molecule has 1 atom stereocenters. The molecule has 3 N–H and O–H groups in total. The lowest BCUT2D eigenvalue weighted by molar-refractivity contribution is 0.0319. The Morgan fingerprint density at radius 3 is 2.26 bits per heavy atom. The SMILES string of the molecule is C[C@H](OC(=O)c1ccccc1NS(=O)(=O)c1ccc(Br)cc1)C(=O)c1c(N)n(C)c(=O)n(C)c1=O. The van der Waals surface area contributed by atoms with E-state index in [1.807, 2.05) is 0 Å². The van der Waals surface area contributed by atoms with Crippen LogP contribution in [0.2, 0.25) is 0 Å². The number of nitrogen functional groups attached to an aromatic ring is 1. The molecule has 0 aliphatic rings. The first-order valence-corrected chi connectivity index (χ1v) is 12.3. The van der Waals surface area contributed by atoms with Gasteiger partial charge in [0.15, 0.2) is 6.10 Å². The normalized spacial score (nSPS) is 12.1. The number of nitrogens with zero attached hydrogens (tertiary/aromatic N) is 2. The van der Waals surface area contributed by atoms with Gasteiger partial charge in [0.2, 0.25) is 5.78 Å². The summed E-state index contributed by atoms with van der Waals surface area (Å²) < 4.78 is 35.4. The Morgan fingerprint density at radius 2 is 1.63 bits per heavy atom. The second-order valence-corrected chi connectivity index (χ2v) is 10.1. The van der Waals surface area contributed by atoms with Crippen LogP contribution >= 0.6 is 15.9 Å². The predicted octanol–water partition coefficient (Wildman–Crippen LogP) is 1.66. The van der Waals surface area contributed by atoms with E-state index in [4.69, 9.17) is 10.5 Å². The minimum Gasteiger partial charge on any atom is -0.451 e. The topological polar surface area (TPSA) is 160 Å². The van der Waals surface area contributed by atoms with E-state index in [-0.39, 0.29) is 22.0 Å². The van der Waals surface area contributed by atoms with Gasteiger partial charge in [0.1, 0.15) is 11.4 Å². The number of carbonyl (C=O) groups excluding carboxylic acids is 2. The smallest absolute Gasteiger partial charge is 0.340 e. The molecule has 35 heavy (non-hydrogen) atoms. The zero-order chi connectivity index (χ0) is 26.1. The number of nitrogens with one attached hydrogen (secondary N) is 1. The summed E-state index contributed by atoms with van der Waals surface area (Å²) in [5.74, 6) is -2.30. The van der Waals surface area contributed by atoms with Crippen LogP contribution in [0.5, 0.6) is 0 Å². The highest BCUT2D eigenvalue weighted by Gasteiger charge is 2.28. The number of benzene rings is 2. The lowest BCUT2D eigenvalue weighted by Gasteiger charge is -2.17. The first kappa shape index (κ1) is 25.9. The lowest BCUT2D eigenvalue weighted by Crippen LogP contribution is -2.43. The average molecular weight is 565 g/mol. The Bertz CT molecular complexity index is 1540. The van der Waals surface area contributed by atoms with Crippen LogP contribution in [0, 0.1) is 0 Å². The molecule has 3 aromatic rings. The van der Waals surface area contributed by atoms with Gasteiger partial charge in [0.25, 0.3) is 15.6 Å². The molecule has 184 valence electrons. The first-order chi connectivity index (χ1) is 16.3. The number of carbonyl (C=O) groups is 2. The number of hydrogen-bond donors (Lipinski definition) is 2. The molecule has 0 unspecified atom stereocenters. The van der Waals surface area contributed by atoms with Crippen LogP contribution in [0.15, 0.2) is 67.5 Å². The number of anilines is 2. The number of para-hydroxylation sites is 1. The lowest BCUT2D eigenvalue weighted by atomic mass is 10.1. The molecule has 0 radical (unpaired) electrons. The van der Waals surface area contributed by atoms with Crippen LogP contribution in [0.1, 0.15) is 27.6 Å². The molecule has 0 amide bonds. The molecular formula is C22H21BrN4O7S. The molecule has 3 rings (SSSR count). The van der Waals surface area contributed by atoms with Gasteiger partial charge in [-0.05, 0) is 43.3 Å². The van der Waals surface area contributed by atoms with Crippen molar-refractivity contribution < 1.29 is 22.7 Å². The zero-order valence-electron chi connectivity index (χ0n) is 18.8. The Morgan fingerprint density at radius 1 is 1.03 bits per heavy atom. The summed E-state index contributed by atoms with van der Waals surface area (Å²) in [6.45, 7) is 1.23. The summed E-state index contributed by atoms with van der Waals surface area (Å²) in [4.78, 5) is 50.1. The van der Waals surface area contributed by atoms with Gasteiger partial charge in [-0.15, -0.1) is 0 Å². The molecule has 13 heteroatoms. The molecular weight excluding hydrogens is 544 g/mol. The quantitative estimate of drug-likeness (QED) is 0.323. The van der Waals surface area contributed by atoms with E-state index >= 15 is 0 Å². The van der Waals surface area contributed by atoms with Crippen molar-refractivity contribution in [3.8, 4) is 0 Å². The number of aromatic nitrogens is 2. The van der Waals surface area contributed by atoms with Crippen LogP contribution in [0.25, 0.3) is 0 Å². The molecule has 0 bridgehead atoms. The average Bonchev–Trinajstić information content (AvgIpc) is 2.81. The molecule has 1 heterocycles. The number of ether oxygens (including phenoxy) is 1. The third kappa shape index (κ3) is 5.20.